The predicted octanol–water partition coefficient (Wildman–Crippen LogP) is 3.73. The number of hydrogen-bond donors (Lipinski definition) is 1. The Balaban J connectivity index is 1.92. The lowest BCUT2D eigenvalue weighted by molar-refractivity contribution is -0.172. The first-order chi connectivity index (χ1) is 23.1. The molecule has 3 rings (SSSR count). The van der Waals surface area contributed by atoms with Crippen LogP contribution in [0.1, 0.15) is 78.7 Å². The van der Waals surface area contributed by atoms with Crippen LogP contribution in [0.5, 0.6) is 0 Å². The number of rotatable bonds is 18. The number of amides is 2. The molecule has 2 amide bonds. The summed E-state index contributed by atoms with van der Waals surface area (Å²) >= 11 is 0. The quantitative estimate of drug-likeness (QED) is 0.177. The molecule has 2 aliphatic rings. The van der Waals surface area contributed by atoms with Gasteiger partial charge in [-0.3, -0.25) is 9.69 Å². The topological polar surface area (TPSA) is 152 Å². The molecule has 0 heterocycles. The van der Waals surface area contributed by atoms with Crippen molar-refractivity contribution in [2.45, 2.75) is 109 Å². The zero-order chi connectivity index (χ0) is 36.5. The molecule has 0 bridgehead atoms. The molecule has 1 N–H and O–H groups in total. The number of likely N-dealkylation sites (N-methyl/N-ethyl adjacent to an activating group) is 3. The van der Waals surface area contributed by atoms with E-state index in [4.69, 9.17) is 18.9 Å². The SMILES string of the molecule is CCN(CCO)c1ccc(C[C@@H](OC(=O)[C@H](CC2CC2)N(C)C(=O)OC(C)(C)C)C(=O)N(C)[C@@H](CC2CC2)C(=O)O[C@H](C)C(=O)OC)cc1. The summed E-state index contributed by atoms with van der Waals surface area (Å²) in [4.78, 5) is 71.1. The van der Waals surface area contributed by atoms with Gasteiger partial charge in [0.2, 0.25) is 0 Å². The number of hydrogen-bond acceptors (Lipinski definition) is 11. The third-order valence-electron chi connectivity index (χ3n) is 8.85. The van der Waals surface area contributed by atoms with Crippen molar-refractivity contribution in [2.75, 3.05) is 45.8 Å². The Hall–Kier alpha value is -3.87. The summed E-state index contributed by atoms with van der Waals surface area (Å²) in [6, 6.07) is 5.37. The molecular weight excluding hydrogens is 634 g/mol. The number of nitrogens with zero attached hydrogens (tertiary/aromatic N) is 3. The Morgan fingerprint density at radius 1 is 0.857 bits per heavy atom. The molecule has 274 valence electrons. The monoisotopic (exact) mass is 689 g/mol. The molecule has 1 aromatic rings. The number of carbonyl (C=O) groups is 5. The fourth-order valence-electron chi connectivity index (χ4n) is 5.52. The molecular formula is C36H55N3O10. The van der Waals surface area contributed by atoms with E-state index in [1.807, 2.05) is 36.1 Å². The summed E-state index contributed by atoms with van der Waals surface area (Å²) in [6.45, 7) is 9.73. The lowest BCUT2D eigenvalue weighted by Gasteiger charge is -2.33. The molecule has 0 aliphatic heterocycles. The minimum absolute atomic E-state index is 0.00260. The van der Waals surface area contributed by atoms with Gasteiger partial charge in [-0.05, 0) is 77.0 Å². The number of ether oxygens (including phenoxy) is 4. The summed E-state index contributed by atoms with van der Waals surface area (Å²) in [7, 11) is 4.14. The first-order valence-corrected chi connectivity index (χ1v) is 17.2. The van der Waals surface area contributed by atoms with Crippen LogP contribution in [0.15, 0.2) is 24.3 Å². The highest BCUT2D eigenvalue weighted by atomic mass is 16.6. The van der Waals surface area contributed by atoms with Crippen LogP contribution >= 0.6 is 0 Å². The Bertz CT molecular complexity index is 1290. The van der Waals surface area contributed by atoms with Crippen molar-refractivity contribution in [3.05, 3.63) is 29.8 Å². The summed E-state index contributed by atoms with van der Waals surface area (Å²) in [6.07, 6.45) is 1.13. The van der Waals surface area contributed by atoms with Gasteiger partial charge in [-0.25, -0.2) is 19.2 Å². The van der Waals surface area contributed by atoms with Crippen LogP contribution in [-0.4, -0.2) is 116 Å². The zero-order valence-electron chi connectivity index (χ0n) is 30.3. The summed E-state index contributed by atoms with van der Waals surface area (Å²) in [5.74, 6) is -2.40. The van der Waals surface area contributed by atoms with E-state index >= 15 is 0 Å². The first-order valence-electron chi connectivity index (χ1n) is 17.2. The van der Waals surface area contributed by atoms with Crippen LogP contribution < -0.4 is 4.90 Å². The maximum atomic E-state index is 14.3. The molecule has 0 spiro atoms. The second kappa shape index (κ2) is 17.7. The van der Waals surface area contributed by atoms with Crippen molar-refractivity contribution in [3.63, 3.8) is 0 Å². The van der Waals surface area contributed by atoms with Crippen molar-refractivity contribution >= 4 is 35.6 Å². The van der Waals surface area contributed by atoms with E-state index in [1.54, 1.807) is 20.8 Å². The van der Waals surface area contributed by atoms with E-state index in [0.717, 1.165) is 31.4 Å². The van der Waals surface area contributed by atoms with E-state index < -0.39 is 59.8 Å². The van der Waals surface area contributed by atoms with Crippen LogP contribution in [0.4, 0.5) is 10.5 Å². The predicted molar refractivity (Wildman–Crippen MR) is 182 cm³/mol. The van der Waals surface area contributed by atoms with Crippen molar-refractivity contribution in [3.8, 4) is 0 Å². The number of aliphatic hydroxyl groups excluding tert-OH is 1. The minimum Gasteiger partial charge on any atom is -0.466 e. The smallest absolute Gasteiger partial charge is 0.410 e. The average Bonchev–Trinajstić information content (AvgIpc) is 3.99. The Kier molecular flexibility index (Phi) is 14.3. The molecule has 13 nitrogen and oxygen atoms in total. The number of aliphatic hydroxyl groups is 1. The number of esters is 3. The largest absolute Gasteiger partial charge is 0.466 e. The van der Waals surface area contributed by atoms with Crippen LogP contribution in [0.25, 0.3) is 0 Å². The minimum atomic E-state index is -1.34. The molecule has 0 saturated heterocycles. The Morgan fingerprint density at radius 2 is 1.39 bits per heavy atom. The Morgan fingerprint density at radius 3 is 1.86 bits per heavy atom. The van der Waals surface area contributed by atoms with Crippen molar-refractivity contribution in [2.24, 2.45) is 11.8 Å². The van der Waals surface area contributed by atoms with E-state index in [9.17, 15) is 29.1 Å². The molecule has 2 fully saturated rings. The van der Waals surface area contributed by atoms with Crippen LogP contribution in [-0.2, 0) is 44.5 Å². The molecule has 2 saturated carbocycles. The van der Waals surface area contributed by atoms with Gasteiger partial charge < -0.3 is 33.9 Å². The van der Waals surface area contributed by atoms with Gasteiger partial charge in [-0.1, -0.05) is 37.8 Å². The van der Waals surface area contributed by atoms with Gasteiger partial charge in [0.1, 0.15) is 17.7 Å². The molecule has 49 heavy (non-hydrogen) atoms. The van der Waals surface area contributed by atoms with Crippen LogP contribution in [0.2, 0.25) is 0 Å². The van der Waals surface area contributed by atoms with Gasteiger partial charge in [0.25, 0.3) is 5.91 Å². The van der Waals surface area contributed by atoms with Crippen molar-refractivity contribution in [1.82, 2.24) is 9.80 Å². The van der Waals surface area contributed by atoms with Crippen molar-refractivity contribution in [1.29, 1.82) is 0 Å². The normalized spacial score (nSPS) is 16.8. The van der Waals surface area contributed by atoms with Crippen LogP contribution in [0.3, 0.4) is 0 Å². The molecule has 13 heteroatoms. The molecule has 4 atom stereocenters. The number of methoxy groups -OCH3 is 1. The summed E-state index contributed by atoms with van der Waals surface area (Å²) < 4.78 is 21.6. The molecule has 0 radical (unpaired) electrons. The standard InChI is InChI=1S/C36H55N3O10/c1-9-39(18-19-40)27-16-14-26(15-17-27)22-30(48-34(44)29(21-25-12-13-25)38(7)35(45)49-36(3,4)5)31(41)37(6)28(20-24-10-11-24)33(43)47-23(2)32(42)46-8/h14-17,23-25,28-30,40H,9-13,18-22H2,1-8H3/t23-,28+,29+,30-/m1/s1. The van der Waals surface area contributed by atoms with Crippen molar-refractivity contribution < 1.29 is 48.0 Å². The number of carbonyl (C=O) groups excluding carboxylic acids is 5. The first kappa shape index (κ1) is 39.6. The highest BCUT2D eigenvalue weighted by Crippen LogP contribution is 2.36. The maximum Gasteiger partial charge on any atom is 0.410 e. The highest BCUT2D eigenvalue weighted by molar-refractivity contribution is 5.90. The van der Waals surface area contributed by atoms with E-state index in [1.165, 1.54) is 37.9 Å². The number of benzene rings is 1. The van der Waals surface area contributed by atoms with E-state index in [2.05, 4.69) is 0 Å². The fraction of sp³-hybridized carbons (Fsp3) is 0.694. The zero-order valence-corrected chi connectivity index (χ0v) is 30.3. The van der Waals surface area contributed by atoms with E-state index in [0.29, 0.717) is 31.5 Å². The van der Waals surface area contributed by atoms with Gasteiger partial charge in [-0.2, -0.15) is 0 Å². The maximum absolute atomic E-state index is 14.3. The number of anilines is 1. The molecule has 0 aromatic heterocycles. The third-order valence-corrected chi connectivity index (χ3v) is 8.85. The molecule has 1 aromatic carbocycles. The average molecular weight is 690 g/mol. The molecule has 0 unspecified atom stereocenters. The highest BCUT2D eigenvalue weighted by Gasteiger charge is 2.42. The van der Waals surface area contributed by atoms with Crippen LogP contribution in [0, 0.1) is 11.8 Å². The summed E-state index contributed by atoms with van der Waals surface area (Å²) in [5.41, 5.74) is 0.796. The molecule has 2 aliphatic carbocycles. The lowest BCUT2D eigenvalue weighted by Crippen LogP contribution is -2.52. The Labute approximate surface area is 290 Å². The lowest BCUT2D eigenvalue weighted by atomic mass is 10.0. The van der Waals surface area contributed by atoms with Gasteiger partial charge in [-0.15, -0.1) is 0 Å². The van der Waals surface area contributed by atoms with Gasteiger partial charge >= 0.3 is 24.0 Å². The second-order valence-electron chi connectivity index (χ2n) is 14.1. The van der Waals surface area contributed by atoms with Gasteiger partial charge in [0.05, 0.1) is 13.7 Å². The summed E-state index contributed by atoms with van der Waals surface area (Å²) in [5, 5.41) is 9.44. The van der Waals surface area contributed by atoms with E-state index in [-0.39, 0.29) is 24.9 Å². The fourth-order valence-corrected chi connectivity index (χ4v) is 5.52. The van der Waals surface area contributed by atoms with Gasteiger partial charge in [0, 0.05) is 39.3 Å². The van der Waals surface area contributed by atoms with Gasteiger partial charge in [0.15, 0.2) is 12.2 Å². The second-order valence-corrected chi connectivity index (χ2v) is 14.1. The third kappa shape index (κ3) is 12.2.